The molecule has 0 heterocycles. The summed E-state index contributed by atoms with van der Waals surface area (Å²) < 4.78 is 12.3. The number of aryl methyl sites for hydroxylation is 1. The quantitative estimate of drug-likeness (QED) is 0.591. The second kappa shape index (κ2) is 7.54. The van der Waals surface area contributed by atoms with E-state index >= 15 is 0 Å². The van der Waals surface area contributed by atoms with Gasteiger partial charge < -0.3 is 9.16 Å². The van der Waals surface area contributed by atoms with Crippen LogP contribution >= 0.6 is 0 Å². The van der Waals surface area contributed by atoms with Gasteiger partial charge >= 0.3 is 0 Å². The summed E-state index contributed by atoms with van der Waals surface area (Å²) in [6, 6.07) is 16.6. The molecule has 2 nitrogen and oxygen atoms in total. The van der Waals surface area contributed by atoms with Crippen molar-refractivity contribution in [2.24, 2.45) is 0 Å². The smallest absolute Gasteiger partial charge is 0.192 e. The van der Waals surface area contributed by atoms with Crippen molar-refractivity contribution in [2.75, 3.05) is 0 Å². The first-order chi connectivity index (χ1) is 11.2. The molecule has 0 amide bonds. The van der Waals surface area contributed by atoms with Crippen molar-refractivity contribution >= 4 is 8.32 Å². The Bertz CT molecular complexity index is 657. The molecule has 0 aliphatic carbocycles. The van der Waals surface area contributed by atoms with E-state index in [0.29, 0.717) is 13.2 Å². The molecule has 2 aromatic rings. The summed E-state index contributed by atoms with van der Waals surface area (Å²) in [6.07, 6.45) is 0. The first-order valence-electron chi connectivity index (χ1n) is 8.59. The van der Waals surface area contributed by atoms with E-state index in [1.54, 1.807) is 0 Å². The van der Waals surface area contributed by atoms with Crippen molar-refractivity contribution in [3.63, 3.8) is 0 Å². The molecule has 0 saturated heterocycles. The predicted molar refractivity (Wildman–Crippen MR) is 104 cm³/mol. The van der Waals surface area contributed by atoms with Gasteiger partial charge in [0, 0.05) is 0 Å². The Kier molecular flexibility index (Phi) is 5.89. The van der Waals surface area contributed by atoms with E-state index in [-0.39, 0.29) is 5.04 Å². The van der Waals surface area contributed by atoms with Crippen LogP contribution in [0.1, 0.15) is 37.5 Å². The van der Waals surface area contributed by atoms with Gasteiger partial charge in [-0.3, -0.25) is 0 Å². The molecule has 0 unspecified atom stereocenters. The van der Waals surface area contributed by atoms with Gasteiger partial charge in [-0.15, -0.1) is 0 Å². The lowest BCUT2D eigenvalue weighted by molar-refractivity contribution is 0.273. The standard InChI is InChI=1S/C21H30O2Si/c1-17-12-13-19(16-23-24(5,6)21(2,3)4)14-20(17)22-15-18-10-8-7-9-11-18/h7-14H,15-16H2,1-6H3. The highest BCUT2D eigenvalue weighted by atomic mass is 28.4. The second-order valence-corrected chi connectivity index (χ2v) is 12.7. The highest BCUT2D eigenvalue weighted by molar-refractivity contribution is 6.74. The molecule has 0 aliphatic heterocycles. The molecule has 2 rings (SSSR count). The molecule has 0 aromatic heterocycles. The van der Waals surface area contributed by atoms with Gasteiger partial charge in [0.05, 0.1) is 6.61 Å². The number of hydrogen-bond acceptors (Lipinski definition) is 2. The fourth-order valence-corrected chi connectivity index (χ4v) is 3.07. The Hall–Kier alpha value is -1.58. The number of benzene rings is 2. The predicted octanol–water partition coefficient (Wildman–Crippen LogP) is 6.10. The molecule has 0 radical (unpaired) electrons. The monoisotopic (exact) mass is 342 g/mol. The summed E-state index contributed by atoms with van der Waals surface area (Å²) in [5.41, 5.74) is 3.51. The van der Waals surface area contributed by atoms with Gasteiger partial charge in [-0.25, -0.2) is 0 Å². The second-order valence-electron chi connectivity index (χ2n) is 7.92. The molecule has 0 atom stereocenters. The van der Waals surface area contributed by atoms with Crippen molar-refractivity contribution in [3.05, 3.63) is 65.2 Å². The van der Waals surface area contributed by atoms with Crippen LogP contribution in [-0.4, -0.2) is 8.32 Å². The van der Waals surface area contributed by atoms with E-state index in [0.717, 1.165) is 11.3 Å². The maximum Gasteiger partial charge on any atom is 0.192 e. The summed E-state index contributed by atoms with van der Waals surface area (Å²) in [7, 11) is -1.73. The van der Waals surface area contributed by atoms with Gasteiger partial charge in [-0.1, -0.05) is 63.2 Å². The third-order valence-corrected chi connectivity index (χ3v) is 9.37. The Morgan fingerprint density at radius 3 is 2.17 bits per heavy atom. The van der Waals surface area contributed by atoms with Gasteiger partial charge in [0.2, 0.25) is 0 Å². The van der Waals surface area contributed by atoms with E-state index in [2.05, 4.69) is 71.1 Å². The third-order valence-electron chi connectivity index (χ3n) is 4.90. The molecule has 0 bridgehead atoms. The molecule has 3 heteroatoms. The minimum Gasteiger partial charge on any atom is -0.489 e. The molecular formula is C21H30O2Si. The lowest BCUT2D eigenvalue weighted by Crippen LogP contribution is -2.40. The van der Waals surface area contributed by atoms with E-state index in [1.807, 2.05) is 18.2 Å². The summed E-state index contributed by atoms with van der Waals surface area (Å²) in [5, 5.41) is 0.227. The van der Waals surface area contributed by atoms with E-state index in [1.165, 1.54) is 11.1 Å². The van der Waals surface area contributed by atoms with Gasteiger partial charge in [-0.2, -0.15) is 0 Å². The maximum atomic E-state index is 6.32. The third kappa shape index (κ3) is 4.95. The van der Waals surface area contributed by atoms with Crippen LogP contribution < -0.4 is 4.74 Å². The fraction of sp³-hybridized carbons (Fsp3) is 0.429. The minimum absolute atomic E-state index is 0.227. The molecule has 130 valence electrons. The van der Waals surface area contributed by atoms with Gasteiger partial charge in [0.1, 0.15) is 12.4 Å². The Balaban J connectivity index is 2.03. The maximum absolute atomic E-state index is 6.32. The highest BCUT2D eigenvalue weighted by Gasteiger charge is 2.37. The van der Waals surface area contributed by atoms with Gasteiger partial charge in [0.25, 0.3) is 0 Å². The molecule has 0 fully saturated rings. The zero-order valence-corrected chi connectivity index (χ0v) is 16.8. The molecule has 0 spiro atoms. The van der Waals surface area contributed by atoms with Crippen molar-refractivity contribution < 1.29 is 9.16 Å². The van der Waals surface area contributed by atoms with Crippen molar-refractivity contribution in [1.82, 2.24) is 0 Å². The Morgan fingerprint density at radius 1 is 0.875 bits per heavy atom. The first kappa shape index (κ1) is 18.8. The van der Waals surface area contributed by atoms with Crippen LogP contribution in [0, 0.1) is 6.92 Å². The lowest BCUT2D eigenvalue weighted by atomic mass is 10.1. The van der Waals surface area contributed by atoms with Crippen molar-refractivity contribution in [1.29, 1.82) is 0 Å². The molecule has 0 N–H and O–H groups in total. The molecule has 2 aromatic carbocycles. The van der Waals surface area contributed by atoms with Gasteiger partial charge in [0.15, 0.2) is 8.32 Å². The van der Waals surface area contributed by atoms with Crippen LogP contribution in [0.15, 0.2) is 48.5 Å². The summed E-state index contributed by atoms with van der Waals surface area (Å²) in [6.45, 7) is 14.7. The van der Waals surface area contributed by atoms with Crippen LogP contribution in [0.2, 0.25) is 18.1 Å². The van der Waals surface area contributed by atoms with Crippen LogP contribution in [-0.2, 0) is 17.6 Å². The fourth-order valence-electron chi connectivity index (χ4n) is 2.11. The topological polar surface area (TPSA) is 18.5 Å². The summed E-state index contributed by atoms with van der Waals surface area (Å²) >= 11 is 0. The van der Waals surface area contributed by atoms with Crippen molar-refractivity contribution in [2.45, 2.75) is 59.0 Å². The first-order valence-corrected chi connectivity index (χ1v) is 11.5. The summed E-state index contributed by atoms with van der Waals surface area (Å²) in [5.74, 6) is 0.940. The molecule has 0 saturated carbocycles. The average Bonchev–Trinajstić information content (AvgIpc) is 2.53. The van der Waals surface area contributed by atoms with Crippen LogP contribution in [0.4, 0.5) is 0 Å². The van der Waals surface area contributed by atoms with Crippen molar-refractivity contribution in [3.8, 4) is 5.75 Å². The normalized spacial score (nSPS) is 12.2. The molecule has 24 heavy (non-hydrogen) atoms. The lowest BCUT2D eigenvalue weighted by Gasteiger charge is -2.36. The van der Waals surface area contributed by atoms with E-state index < -0.39 is 8.32 Å². The van der Waals surface area contributed by atoms with E-state index in [4.69, 9.17) is 9.16 Å². The van der Waals surface area contributed by atoms with Crippen LogP contribution in [0.5, 0.6) is 5.75 Å². The molecule has 0 aliphatic rings. The van der Waals surface area contributed by atoms with Crippen LogP contribution in [0.3, 0.4) is 0 Å². The average molecular weight is 343 g/mol. The zero-order chi connectivity index (χ0) is 17.8. The number of rotatable bonds is 6. The van der Waals surface area contributed by atoms with E-state index in [9.17, 15) is 0 Å². The largest absolute Gasteiger partial charge is 0.489 e. The SMILES string of the molecule is Cc1ccc(CO[Si](C)(C)C(C)(C)C)cc1OCc1ccccc1. The van der Waals surface area contributed by atoms with Crippen LogP contribution in [0.25, 0.3) is 0 Å². The minimum atomic E-state index is -1.73. The Morgan fingerprint density at radius 2 is 1.54 bits per heavy atom. The molecular weight excluding hydrogens is 312 g/mol. The number of ether oxygens (including phenoxy) is 1. The summed E-state index contributed by atoms with van der Waals surface area (Å²) in [4.78, 5) is 0. The Labute approximate surface area is 148 Å². The van der Waals surface area contributed by atoms with Gasteiger partial charge in [-0.05, 0) is 47.8 Å². The zero-order valence-electron chi connectivity index (χ0n) is 15.8. The highest BCUT2D eigenvalue weighted by Crippen LogP contribution is 2.37. The number of hydrogen-bond donors (Lipinski definition) is 0.